The molecule has 0 atom stereocenters. The van der Waals surface area contributed by atoms with Crippen LogP contribution in [0.5, 0.6) is 11.5 Å². The maximum atomic E-state index is 13.3. The fourth-order valence-electron chi connectivity index (χ4n) is 1.53. The van der Waals surface area contributed by atoms with Crippen molar-refractivity contribution in [2.75, 3.05) is 0 Å². The second-order valence-corrected chi connectivity index (χ2v) is 4.63. The Hall–Kier alpha value is -2.28. The van der Waals surface area contributed by atoms with Crippen LogP contribution in [0.3, 0.4) is 0 Å². The van der Waals surface area contributed by atoms with Crippen LogP contribution in [0.15, 0.2) is 40.9 Å². The van der Waals surface area contributed by atoms with Gasteiger partial charge in [0, 0.05) is 12.1 Å². The molecule has 2 rings (SSSR count). The molecule has 20 heavy (non-hydrogen) atoms. The van der Waals surface area contributed by atoms with E-state index in [1.807, 2.05) is 0 Å². The van der Waals surface area contributed by atoms with E-state index < -0.39 is 10.7 Å². The molecule has 5 nitrogen and oxygen atoms in total. The Morgan fingerprint density at radius 1 is 1.20 bits per heavy atom. The van der Waals surface area contributed by atoms with Crippen LogP contribution in [-0.2, 0) is 0 Å². The number of nitro groups is 1. The van der Waals surface area contributed by atoms with E-state index in [0.717, 1.165) is 12.1 Å². The molecule has 0 aliphatic heterocycles. The number of nitro benzene ring substituents is 1. The molecule has 7 heteroatoms. The van der Waals surface area contributed by atoms with E-state index >= 15 is 0 Å². The van der Waals surface area contributed by atoms with Crippen molar-refractivity contribution in [2.24, 2.45) is 0 Å². The summed E-state index contributed by atoms with van der Waals surface area (Å²) in [6.45, 7) is 0. The minimum atomic E-state index is -0.660. The fourth-order valence-corrected chi connectivity index (χ4v) is 1.78. The standard InChI is InChI=1S/C13H7BrFNO4/c14-11-3-1-10(6-12(11)15)20-9-2-4-13(16(18)19)8(5-9)7-17/h1-7H. The smallest absolute Gasteiger partial charge is 0.280 e. The highest BCUT2D eigenvalue weighted by Gasteiger charge is 2.14. The predicted molar refractivity (Wildman–Crippen MR) is 72.7 cm³/mol. The molecule has 0 N–H and O–H groups in total. The molecule has 0 heterocycles. The van der Waals surface area contributed by atoms with Crippen molar-refractivity contribution >= 4 is 27.9 Å². The summed E-state index contributed by atoms with van der Waals surface area (Å²) >= 11 is 3.01. The molecule has 0 amide bonds. The molecule has 0 spiro atoms. The van der Waals surface area contributed by atoms with Gasteiger partial charge >= 0.3 is 0 Å². The van der Waals surface area contributed by atoms with Crippen LogP contribution in [0.25, 0.3) is 0 Å². The molecule has 0 fully saturated rings. The molecule has 0 saturated carbocycles. The average Bonchev–Trinajstić information content (AvgIpc) is 2.42. The lowest BCUT2D eigenvalue weighted by Gasteiger charge is -2.07. The number of ether oxygens (including phenoxy) is 1. The highest BCUT2D eigenvalue weighted by atomic mass is 79.9. The lowest BCUT2D eigenvalue weighted by atomic mass is 10.2. The Morgan fingerprint density at radius 2 is 1.85 bits per heavy atom. The van der Waals surface area contributed by atoms with Crippen molar-refractivity contribution in [3.63, 3.8) is 0 Å². The molecule has 0 aliphatic carbocycles. The lowest BCUT2D eigenvalue weighted by molar-refractivity contribution is -0.385. The van der Waals surface area contributed by atoms with Crippen molar-refractivity contribution in [1.29, 1.82) is 0 Å². The first kappa shape index (κ1) is 14.1. The van der Waals surface area contributed by atoms with Crippen molar-refractivity contribution in [1.82, 2.24) is 0 Å². The normalized spacial score (nSPS) is 10.1. The van der Waals surface area contributed by atoms with E-state index in [1.54, 1.807) is 0 Å². The predicted octanol–water partition coefficient (Wildman–Crippen LogP) is 4.10. The monoisotopic (exact) mass is 339 g/mol. The molecule has 2 aromatic carbocycles. The number of hydrogen-bond donors (Lipinski definition) is 0. The molecule has 0 radical (unpaired) electrons. The number of carbonyl (C=O) groups excluding carboxylic acids is 1. The summed E-state index contributed by atoms with van der Waals surface area (Å²) in [7, 11) is 0. The first-order valence-electron chi connectivity index (χ1n) is 5.38. The Balaban J connectivity index is 2.32. The quantitative estimate of drug-likeness (QED) is 0.477. The van der Waals surface area contributed by atoms with E-state index in [-0.39, 0.29) is 22.7 Å². The van der Waals surface area contributed by atoms with Crippen LogP contribution in [0.2, 0.25) is 0 Å². The van der Waals surface area contributed by atoms with E-state index in [0.29, 0.717) is 10.8 Å². The minimum absolute atomic E-state index is 0.106. The van der Waals surface area contributed by atoms with Crippen molar-refractivity contribution in [3.8, 4) is 11.5 Å². The molecule has 0 saturated heterocycles. The summed E-state index contributed by atoms with van der Waals surface area (Å²) in [5.41, 5.74) is -0.417. The molecule has 2 aromatic rings. The van der Waals surface area contributed by atoms with Gasteiger partial charge in [-0.25, -0.2) is 4.39 Å². The molecule has 0 aliphatic rings. The number of nitrogens with zero attached hydrogens (tertiary/aromatic N) is 1. The molecule has 0 unspecified atom stereocenters. The zero-order valence-electron chi connectivity index (χ0n) is 9.88. The number of halogens is 2. The lowest BCUT2D eigenvalue weighted by Crippen LogP contribution is -1.95. The molecule has 0 bridgehead atoms. The second kappa shape index (κ2) is 5.79. The van der Waals surface area contributed by atoms with Crippen LogP contribution in [-0.4, -0.2) is 11.2 Å². The summed E-state index contributed by atoms with van der Waals surface area (Å²) in [6, 6.07) is 7.88. The number of hydrogen-bond acceptors (Lipinski definition) is 4. The van der Waals surface area contributed by atoms with Gasteiger partial charge in [0.15, 0.2) is 6.29 Å². The Kier molecular flexibility index (Phi) is 4.09. The number of benzene rings is 2. The molecular weight excluding hydrogens is 333 g/mol. The van der Waals surface area contributed by atoms with Gasteiger partial charge in [-0.2, -0.15) is 0 Å². The summed E-state index contributed by atoms with van der Waals surface area (Å²) in [5, 5.41) is 10.7. The third kappa shape index (κ3) is 3.00. The molecular formula is C13H7BrFNO4. The van der Waals surface area contributed by atoms with Gasteiger partial charge in [0.05, 0.1) is 15.0 Å². The number of carbonyl (C=O) groups is 1. The third-order valence-corrected chi connectivity index (χ3v) is 3.09. The highest BCUT2D eigenvalue weighted by molar-refractivity contribution is 9.10. The first-order valence-corrected chi connectivity index (χ1v) is 6.17. The first-order chi connectivity index (χ1) is 9.51. The molecule has 102 valence electrons. The Bertz CT molecular complexity index is 690. The average molecular weight is 340 g/mol. The third-order valence-electron chi connectivity index (χ3n) is 2.45. The molecule has 0 aromatic heterocycles. The highest BCUT2D eigenvalue weighted by Crippen LogP contribution is 2.28. The van der Waals surface area contributed by atoms with Gasteiger partial charge < -0.3 is 4.74 Å². The number of aldehydes is 1. The van der Waals surface area contributed by atoms with Crippen LogP contribution in [0, 0.1) is 15.9 Å². The zero-order valence-corrected chi connectivity index (χ0v) is 11.5. The van der Waals surface area contributed by atoms with Crippen molar-refractivity contribution < 1.29 is 18.8 Å². The van der Waals surface area contributed by atoms with Gasteiger partial charge in [-0.15, -0.1) is 0 Å². The number of rotatable bonds is 4. The van der Waals surface area contributed by atoms with Crippen LogP contribution >= 0.6 is 15.9 Å². The van der Waals surface area contributed by atoms with Gasteiger partial charge in [-0.3, -0.25) is 14.9 Å². The van der Waals surface area contributed by atoms with Crippen molar-refractivity contribution in [3.05, 3.63) is 62.4 Å². The van der Waals surface area contributed by atoms with E-state index in [4.69, 9.17) is 4.74 Å². The van der Waals surface area contributed by atoms with Gasteiger partial charge in [-0.1, -0.05) is 0 Å². The maximum Gasteiger partial charge on any atom is 0.280 e. The summed E-state index contributed by atoms with van der Waals surface area (Å²) in [4.78, 5) is 20.8. The fraction of sp³-hybridized carbons (Fsp3) is 0. The summed E-state index contributed by atoms with van der Waals surface area (Å²) < 4.78 is 19.0. The van der Waals surface area contributed by atoms with Gasteiger partial charge in [0.2, 0.25) is 0 Å². The van der Waals surface area contributed by atoms with E-state index in [1.165, 1.54) is 24.3 Å². The van der Waals surface area contributed by atoms with Crippen molar-refractivity contribution in [2.45, 2.75) is 0 Å². The summed E-state index contributed by atoms with van der Waals surface area (Å²) in [5.74, 6) is -0.0733. The van der Waals surface area contributed by atoms with E-state index in [9.17, 15) is 19.3 Å². The van der Waals surface area contributed by atoms with Gasteiger partial charge in [0.1, 0.15) is 17.3 Å². The Labute approximate surface area is 121 Å². The Morgan fingerprint density at radius 3 is 2.45 bits per heavy atom. The van der Waals surface area contributed by atoms with Crippen LogP contribution in [0.1, 0.15) is 10.4 Å². The summed E-state index contributed by atoms with van der Waals surface area (Å²) in [6.07, 6.45) is 0.368. The van der Waals surface area contributed by atoms with Gasteiger partial charge in [-0.05, 0) is 40.2 Å². The maximum absolute atomic E-state index is 13.3. The van der Waals surface area contributed by atoms with Crippen LogP contribution in [0.4, 0.5) is 10.1 Å². The zero-order chi connectivity index (χ0) is 14.7. The van der Waals surface area contributed by atoms with Crippen LogP contribution < -0.4 is 4.74 Å². The largest absolute Gasteiger partial charge is 0.457 e. The van der Waals surface area contributed by atoms with E-state index in [2.05, 4.69) is 15.9 Å². The minimum Gasteiger partial charge on any atom is -0.457 e. The SMILES string of the molecule is O=Cc1cc(Oc2ccc(Br)c(F)c2)ccc1[N+](=O)[O-]. The van der Waals surface area contributed by atoms with Gasteiger partial charge in [0.25, 0.3) is 5.69 Å². The second-order valence-electron chi connectivity index (χ2n) is 3.77. The topological polar surface area (TPSA) is 69.4 Å².